The summed E-state index contributed by atoms with van der Waals surface area (Å²) in [5.41, 5.74) is 5.55. The largest absolute Gasteiger partial charge is 0.372 e. The van der Waals surface area contributed by atoms with Gasteiger partial charge in [-0.1, -0.05) is 24.3 Å². The summed E-state index contributed by atoms with van der Waals surface area (Å²) >= 11 is 0. The molecule has 2 heterocycles. The van der Waals surface area contributed by atoms with Crippen LogP contribution in [0.25, 0.3) is 22.5 Å². The van der Waals surface area contributed by atoms with Gasteiger partial charge in [0, 0.05) is 36.4 Å². The molecule has 0 radical (unpaired) electrons. The summed E-state index contributed by atoms with van der Waals surface area (Å²) in [4.78, 5) is 14.3. The van der Waals surface area contributed by atoms with Crippen molar-refractivity contribution in [3.05, 3.63) is 60.2 Å². The van der Waals surface area contributed by atoms with Crippen LogP contribution < -0.4 is 10.2 Å². The summed E-state index contributed by atoms with van der Waals surface area (Å²) in [6.07, 6.45) is 3.86. The number of carbonyl (C=O) groups is 1. The van der Waals surface area contributed by atoms with E-state index in [1.807, 2.05) is 18.2 Å². The Morgan fingerprint density at radius 2 is 1.69 bits per heavy atom. The SMILES string of the molecule is O=C(NCCF)c1ccc(-c2cc(-c3ccc(N4CCCCC4)cc3)n[nH]2)cc1. The van der Waals surface area contributed by atoms with Crippen molar-refractivity contribution < 1.29 is 9.18 Å². The number of halogens is 1. The monoisotopic (exact) mass is 392 g/mol. The van der Waals surface area contributed by atoms with Gasteiger partial charge in [0.25, 0.3) is 5.91 Å². The second kappa shape index (κ2) is 8.90. The number of nitrogens with one attached hydrogen (secondary N) is 2. The number of nitrogens with zero attached hydrogens (tertiary/aromatic N) is 2. The smallest absolute Gasteiger partial charge is 0.251 e. The van der Waals surface area contributed by atoms with Gasteiger partial charge in [0.2, 0.25) is 0 Å². The Bertz CT molecular complexity index is 944. The molecule has 1 saturated heterocycles. The molecule has 0 bridgehead atoms. The van der Waals surface area contributed by atoms with Crippen LogP contribution in [0.2, 0.25) is 0 Å². The molecule has 3 aromatic rings. The van der Waals surface area contributed by atoms with Crippen molar-refractivity contribution in [1.29, 1.82) is 0 Å². The summed E-state index contributed by atoms with van der Waals surface area (Å²) in [5.74, 6) is -0.270. The van der Waals surface area contributed by atoms with Crippen LogP contribution in [-0.4, -0.2) is 42.4 Å². The number of amides is 1. The average Bonchev–Trinajstić information content (AvgIpc) is 3.28. The number of hydrogen-bond acceptors (Lipinski definition) is 3. The van der Waals surface area contributed by atoms with Gasteiger partial charge in [-0.3, -0.25) is 9.89 Å². The van der Waals surface area contributed by atoms with Crippen LogP contribution in [0, 0.1) is 0 Å². The van der Waals surface area contributed by atoms with Crippen LogP contribution >= 0.6 is 0 Å². The molecule has 1 fully saturated rings. The molecule has 0 spiro atoms. The molecule has 6 heteroatoms. The summed E-state index contributed by atoms with van der Waals surface area (Å²) in [5, 5.41) is 10.0. The number of piperidine rings is 1. The maximum absolute atomic E-state index is 12.2. The molecule has 1 aliphatic rings. The fourth-order valence-electron chi connectivity index (χ4n) is 3.68. The molecule has 0 saturated carbocycles. The Kier molecular flexibility index (Phi) is 5.89. The van der Waals surface area contributed by atoms with E-state index in [0.29, 0.717) is 5.56 Å². The van der Waals surface area contributed by atoms with Gasteiger partial charge in [0.1, 0.15) is 6.67 Å². The van der Waals surface area contributed by atoms with Gasteiger partial charge >= 0.3 is 0 Å². The van der Waals surface area contributed by atoms with Crippen molar-refractivity contribution >= 4 is 11.6 Å². The summed E-state index contributed by atoms with van der Waals surface area (Å²) < 4.78 is 12.2. The number of alkyl halides is 1. The molecule has 29 heavy (non-hydrogen) atoms. The number of H-pyrrole nitrogens is 1. The highest BCUT2D eigenvalue weighted by Crippen LogP contribution is 2.27. The van der Waals surface area contributed by atoms with Crippen LogP contribution in [0.5, 0.6) is 0 Å². The fourth-order valence-corrected chi connectivity index (χ4v) is 3.68. The number of benzene rings is 2. The molecule has 1 aromatic heterocycles. The molecule has 2 aromatic carbocycles. The molecule has 150 valence electrons. The third-order valence-corrected chi connectivity index (χ3v) is 5.30. The minimum atomic E-state index is -0.570. The van der Waals surface area contributed by atoms with Gasteiger partial charge in [0.05, 0.1) is 11.4 Å². The number of carbonyl (C=O) groups excluding carboxylic acids is 1. The minimum Gasteiger partial charge on any atom is -0.372 e. The first kappa shape index (κ1) is 19.2. The molecule has 5 nitrogen and oxygen atoms in total. The van der Waals surface area contributed by atoms with Gasteiger partial charge in [-0.05, 0) is 55.2 Å². The van der Waals surface area contributed by atoms with Crippen molar-refractivity contribution in [2.75, 3.05) is 31.2 Å². The van der Waals surface area contributed by atoms with E-state index in [-0.39, 0.29) is 12.5 Å². The lowest BCUT2D eigenvalue weighted by Gasteiger charge is -2.28. The summed E-state index contributed by atoms with van der Waals surface area (Å²) in [7, 11) is 0. The van der Waals surface area contributed by atoms with Gasteiger partial charge in [-0.25, -0.2) is 4.39 Å². The highest BCUT2D eigenvalue weighted by atomic mass is 19.1. The first-order chi connectivity index (χ1) is 14.2. The Balaban J connectivity index is 1.46. The molecule has 4 rings (SSSR count). The van der Waals surface area contributed by atoms with Crippen LogP contribution in [0.1, 0.15) is 29.6 Å². The average molecular weight is 392 g/mol. The van der Waals surface area contributed by atoms with Crippen molar-refractivity contribution in [2.45, 2.75) is 19.3 Å². The van der Waals surface area contributed by atoms with Crippen LogP contribution in [-0.2, 0) is 0 Å². The quantitative estimate of drug-likeness (QED) is 0.652. The standard InChI is InChI=1S/C23H25FN4O/c24-12-13-25-23(29)19-6-4-17(5-7-19)21-16-22(27-26-21)18-8-10-20(11-9-18)28-14-2-1-3-15-28/h4-11,16H,1-3,12-15H2,(H,25,29)(H,26,27). The number of rotatable bonds is 6. The fraction of sp³-hybridized carbons (Fsp3) is 0.304. The van der Waals surface area contributed by atoms with E-state index in [9.17, 15) is 9.18 Å². The lowest BCUT2D eigenvalue weighted by molar-refractivity contribution is 0.0951. The van der Waals surface area contributed by atoms with Crippen molar-refractivity contribution in [1.82, 2.24) is 15.5 Å². The van der Waals surface area contributed by atoms with E-state index in [0.717, 1.165) is 35.6 Å². The van der Waals surface area contributed by atoms with Crippen LogP contribution in [0.15, 0.2) is 54.6 Å². The normalized spacial score (nSPS) is 14.0. The number of aromatic amines is 1. The van der Waals surface area contributed by atoms with Crippen molar-refractivity contribution in [3.8, 4) is 22.5 Å². The second-order valence-electron chi connectivity index (χ2n) is 7.28. The highest BCUT2D eigenvalue weighted by molar-refractivity contribution is 5.94. The van der Waals surface area contributed by atoms with Gasteiger partial charge in [-0.2, -0.15) is 5.10 Å². The molecule has 1 amide bonds. The zero-order chi connectivity index (χ0) is 20.1. The summed E-state index contributed by atoms with van der Waals surface area (Å²) in [6.45, 7) is 1.72. The topological polar surface area (TPSA) is 61.0 Å². The molecule has 1 aliphatic heterocycles. The van der Waals surface area contributed by atoms with Crippen molar-refractivity contribution in [3.63, 3.8) is 0 Å². The number of anilines is 1. The van der Waals surface area contributed by atoms with Crippen LogP contribution in [0.4, 0.5) is 10.1 Å². The first-order valence-electron chi connectivity index (χ1n) is 10.1. The van der Waals surface area contributed by atoms with E-state index < -0.39 is 6.67 Å². The first-order valence-corrected chi connectivity index (χ1v) is 10.1. The molecule has 0 atom stereocenters. The maximum atomic E-state index is 12.2. The van der Waals surface area contributed by atoms with Gasteiger partial charge in [0.15, 0.2) is 0 Å². The Hall–Kier alpha value is -3.15. The molecule has 2 N–H and O–H groups in total. The summed E-state index contributed by atoms with van der Waals surface area (Å²) in [6, 6.07) is 17.8. The van der Waals surface area contributed by atoms with E-state index in [4.69, 9.17) is 0 Å². The van der Waals surface area contributed by atoms with Gasteiger partial charge < -0.3 is 10.2 Å². The molecule has 0 aliphatic carbocycles. The van der Waals surface area contributed by atoms with Crippen molar-refractivity contribution in [2.24, 2.45) is 0 Å². The maximum Gasteiger partial charge on any atom is 0.251 e. The molecule has 0 unspecified atom stereocenters. The Labute approximate surface area is 169 Å². The molecular weight excluding hydrogens is 367 g/mol. The third kappa shape index (κ3) is 4.47. The highest BCUT2D eigenvalue weighted by Gasteiger charge is 2.12. The zero-order valence-corrected chi connectivity index (χ0v) is 16.3. The zero-order valence-electron chi connectivity index (χ0n) is 16.3. The van der Waals surface area contributed by atoms with E-state index >= 15 is 0 Å². The van der Waals surface area contributed by atoms with Crippen LogP contribution in [0.3, 0.4) is 0 Å². The lowest BCUT2D eigenvalue weighted by atomic mass is 10.1. The lowest BCUT2D eigenvalue weighted by Crippen LogP contribution is -2.29. The van der Waals surface area contributed by atoms with E-state index in [1.165, 1.54) is 24.9 Å². The Morgan fingerprint density at radius 1 is 1.00 bits per heavy atom. The Morgan fingerprint density at radius 3 is 2.38 bits per heavy atom. The predicted molar refractivity (Wildman–Crippen MR) is 114 cm³/mol. The second-order valence-corrected chi connectivity index (χ2v) is 7.28. The third-order valence-electron chi connectivity index (χ3n) is 5.30. The number of aromatic nitrogens is 2. The molecular formula is C23H25FN4O. The predicted octanol–water partition coefficient (Wildman–Crippen LogP) is 4.43. The van der Waals surface area contributed by atoms with E-state index in [1.54, 1.807) is 12.1 Å². The van der Waals surface area contributed by atoms with Gasteiger partial charge in [-0.15, -0.1) is 0 Å². The number of hydrogen-bond donors (Lipinski definition) is 2. The van der Waals surface area contributed by atoms with E-state index in [2.05, 4.69) is 44.7 Å². The minimum absolute atomic E-state index is 0.0288.